The van der Waals surface area contributed by atoms with Crippen LogP contribution in [-0.4, -0.2) is 34.5 Å². The molecule has 0 aliphatic heterocycles. The van der Waals surface area contributed by atoms with Crippen molar-refractivity contribution < 1.29 is 9.59 Å². The van der Waals surface area contributed by atoms with Gasteiger partial charge in [-0.2, -0.15) is 0 Å². The van der Waals surface area contributed by atoms with Crippen molar-refractivity contribution in [3.63, 3.8) is 0 Å². The van der Waals surface area contributed by atoms with Crippen LogP contribution in [0.1, 0.15) is 71.8 Å². The van der Waals surface area contributed by atoms with Crippen LogP contribution in [0.4, 0.5) is 10.9 Å². The molecule has 2 aromatic heterocycles. The van der Waals surface area contributed by atoms with E-state index in [1.807, 2.05) is 6.20 Å². The number of hydrogen-bond donors (Lipinski definition) is 3. The molecule has 6 rings (SSSR count). The lowest BCUT2D eigenvalue weighted by molar-refractivity contribution is -0.117. The van der Waals surface area contributed by atoms with Crippen molar-refractivity contribution in [1.29, 1.82) is 0 Å². The number of amides is 2. The van der Waals surface area contributed by atoms with Crippen molar-refractivity contribution in [3.05, 3.63) is 28.4 Å². The fourth-order valence-electron chi connectivity index (χ4n) is 4.64. The van der Waals surface area contributed by atoms with Gasteiger partial charge in [0.25, 0.3) is 5.91 Å². The van der Waals surface area contributed by atoms with Gasteiger partial charge in [0.2, 0.25) is 11.9 Å². The van der Waals surface area contributed by atoms with Gasteiger partial charge in [0, 0.05) is 42.3 Å². The number of hydrogen-bond acceptors (Lipinski definition) is 5. The van der Waals surface area contributed by atoms with E-state index in [2.05, 4.69) is 31.7 Å². The summed E-state index contributed by atoms with van der Waals surface area (Å²) < 4.78 is 2.25. The number of thiophene rings is 1. The highest BCUT2D eigenvalue weighted by molar-refractivity contribution is 7.17. The third-order valence-electron chi connectivity index (χ3n) is 7.20. The average Bonchev–Trinajstić information content (AvgIpc) is 3.67. The van der Waals surface area contributed by atoms with Crippen molar-refractivity contribution in [1.82, 2.24) is 14.9 Å². The Morgan fingerprint density at radius 2 is 1.84 bits per heavy atom. The molecule has 7 nitrogen and oxygen atoms in total. The van der Waals surface area contributed by atoms with Crippen LogP contribution < -0.4 is 16.0 Å². The molecule has 1 atom stereocenters. The number of carbonyl (C=O) groups is 2. The first-order valence-electron chi connectivity index (χ1n) is 12.2. The minimum atomic E-state index is -0.0288. The average molecular weight is 454 g/mol. The van der Waals surface area contributed by atoms with Crippen molar-refractivity contribution in [2.75, 3.05) is 23.7 Å². The Kier molecular flexibility index (Phi) is 5.20. The summed E-state index contributed by atoms with van der Waals surface area (Å²) in [5, 5.41) is 10.5. The molecular formula is C24H31N5O2S. The lowest BCUT2D eigenvalue weighted by Gasteiger charge is -2.26. The summed E-state index contributed by atoms with van der Waals surface area (Å²) in [6.07, 6.45) is 13.6. The van der Waals surface area contributed by atoms with Crippen LogP contribution in [-0.2, 0) is 17.6 Å². The molecule has 3 fully saturated rings. The maximum Gasteiger partial charge on any atom is 0.254 e. The molecule has 0 spiro atoms. The van der Waals surface area contributed by atoms with Gasteiger partial charge >= 0.3 is 0 Å². The van der Waals surface area contributed by atoms with E-state index >= 15 is 0 Å². The van der Waals surface area contributed by atoms with Gasteiger partial charge in [-0.1, -0.05) is 0 Å². The van der Waals surface area contributed by atoms with Gasteiger partial charge < -0.3 is 20.5 Å². The topological polar surface area (TPSA) is 88.1 Å². The molecular weight excluding hydrogens is 422 g/mol. The number of fused-ring (bicyclic) bond motifs is 1. The highest BCUT2D eigenvalue weighted by atomic mass is 32.1. The van der Waals surface area contributed by atoms with E-state index in [1.165, 1.54) is 30.6 Å². The van der Waals surface area contributed by atoms with Crippen LogP contribution in [0, 0.1) is 17.8 Å². The summed E-state index contributed by atoms with van der Waals surface area (Å²) in [5.74, 6) is 2.50. The van der Waals surface area contributed by atoms with E-state index in [-0.39, 0.29) is 23.8 Å². The second-order valence-corrected chi connectivity index (χ2v) is 11.1. The number of nitrogens with zero attached hydrogens (tertiary/aromatic N) is 2. The summed E-state index contributed by atoms with van der Waals surface area (Å²) in [5.41, 5.74) is 1.82. The van der Waals surface area contributed by atoms with E-state index in [0.717, 1.165) is 67.6 Å². The van der Waals surface area contributed by atoms with Crippen molar-refractivity contribution in [2.24, 2.45) is 17.8 Å². The van der Waals surface area contributed by atoms with Crippen LogP contribution in [0.3, 0.4) is 0 Å². The number of anilines is 2. The lowest BCUT2D eigenvalue weighted by atomic mass is 9.91. The predicted molar refractivity (Wildman–Crippen MR) is 125 cm³/mol. The van der Waals surface area contributed by atoms with Gasteiger partial charge in [-0.3, -0.25) is 9.59 Å². The smallest absolute Gasteiger partial charge is 0.254 e. The molecule has 8 heteroatoms. The number of imidazole rings is 1. The number of rotatable bonds is 9. The van der Waals surface area contributed by atoms with Crippen LogP contribution in [0.15, 0.2) is 12.4 Å². The molecule has 2 amide bonds. The minimum absolute atomic E-state index is 0.0288. The molecule has 32 heavy (non-hydrogen) atoms. The Bertz CT molecular complexity index is 1030. The molecule has 2 heterocycles. The second-order valence-electron chi connectivity index (χ2n) is 10.0. The first kappa shape index (κ1) is 20.3. The largest absolute Gasteiger partial charge is 0.355 e. The summed E-state index contributed by atoms with van der Waals surface area (Å²) >= 11 is 1.61. The molecule has 0 unspecified atom stereocenters. The molecule has 0 bridgehead atoms. The highest BCUT2D eigenvalue weighted by Gasteiger charge is 2.35. The van der Waals surface area contributed by atoms with Gasteiger partial charge in [-0.05, 0) is 75.2 Å². The number of nitrogens with one attached hydrogen (secondary N) is 3. The first-order chi connectivity index (χ1) is 15.7. The van der Waals surface area contributed by atoms with Crippen LogP contribution in [0.2, 0.25) is 0 Å². The van der Waals surface area contributed by atoms with Gasteiger partial charge in [0.05, 0.1) is 5.56 Å². The Labute approximate surface area is 192 Å². The molecule has 4 aliphatic rings. The highest BCUT2D eigenvalue weighted by Crippen LogP contribution is 2.43. The van der Waals surface area contributed by atoms with Gasteiger partial charge in [-0.25, -0.2) is 4.98 Å². The standard InChI is InChI=1S/C24H31N5O2S/c30-21(16-5-6-16)28-23-20(22(31)26-12-14-1-2-14)18-11-17(7-8-19(18)32-23)29-10-9-25-24(29)27-13-15-3-4-15/h9-10,14-17H,1-8,11-13H2,(H,25,27)(H,26,31)(H,28,30)/t17-/m0/s1. The second kappa shape index (κ2) is 8.21. The summed E-state index contributed by atoms with van der Waals surface area (Å²) in [7, 11) is 0. The summed E-state index contributed by atoms with van der Waals surface area (Å²) in [6, 6.07) is 0.267. The molecule has 170 valence electrons. The third kappa shape index (κ3) is 4.29. The van der Waals surface area contributed by atoms with Gasteiger partial charge in [0.15, 0.2) is 0 Å². The maximum absolute atomic E-state index is 13.3. The first-order valence-corrected chi connectivity index (χ1v) is 13.0. The predicted octanol–water partition coefficient (Wildman–Crippen LogP) is 3.98. The zero-order chi connectivity index (χ0) is 21.7. The maximum atomic E-state index is 13.3. The molecule has 0 radical (unpaired) electrons. The van der Waals surface area contributed by atoms with Crippen LogP contribution in [0.25, 0.3) is 0 Å². The van der Waals surface area contributed by atoms with E-state index in [1.54, 1.807) is 11.3 Å². The zero-order valence-corrected chi connectivity index (χ0v) is 19.2. The fourth-order valence-corrected chi connectivity index (χ4v) is 5.88. The molecule has 4 aliphatic carbocycles. The molecule has 3 N–H and O–H groups in total. The fraction of sp³-hybridized carbons (Fsp3) is 0.625. The van der Waals surface area contributed by atoms with E-state index in [0.29, 0.717) is 11.5 Å². The molecule has 3 saturated carbocycles. The Balaban J connectivity index is 1.25. The molecule has 0 saturated heterocycles. The van der Waals surface area contributed by atoms with E-state index < -0.39 is 0 Å². The molecule has 2 aromatic rings. The Morgan fingerprint density at radius 1 is 1.06 bits per heavy atom. The number of aryl methyl sites for hydroxylation is 1. The van der Waals surface area contributed by atoms with Crippen molar-refractivity contribution >= 4 is 34.1 Å². The quantitative estimate of drug-likeness (QED) is 0.536. The normalized spacial score (nSPS) is 22.3. The van der Waals surface area contributed by atoms with Gasteiger partial charge in [0.1, 0.15) is 5.00 Å². The Hall–Kier alpha value is -2.35. The molecule has 0 aromatic carbocycles. The zero-order valence-electron chi connectivity index (χ0n) is 18.4. The SMILES string of the molecule is O=C(NCC1CC1)c1c(NC(=O)C2CC2)sc2c1C[C@@H](n1ccnc1NCC1CC1)CC2. The number of aromatic nitrogens is 2. The minimum Gasteiger partial charge on any atom is -0.355 e. The van der Waals surface area contributed by atoms with Gasteiger partial charge in [-0.15, -0.1) is 11.3 Å². The third-order valence-corrected chi connectivity index (χ3v) is 8.41. The Morgan fingerprint density at radius 3 is 2.59 bits per heavy atom. The summed E-state index contributed by atoms with van der Waals surface area (Å²) in [4.78, 5) is 31.6. The van der Waals surface area contributed by atoms with Crippen LogP contribution in [0.5, 0.6) is 0 Å². The summed E-state index contributed by atoms with van der Waals surface area (Å²) in [6.45, 7) is 1.72. The monoisotopic (exact) mass is 453 g/mol. The van der Waals surface area contributed by atoms with Crippen LogP contribution >= 0.6 is 11.3 Å². The van der Waals surface area contributed by atoms with E-state index in [9.17, 15) is 9.59 Å². The van der Waals surface area contributed by atoms with Crippen molar-refractivity contribution in [3.8, 4) is 0 Å². The van der Waals surface area contributed by atoms with Crippen molar-refractivity contribution in [2.45, 2.75) is 63.8 Å². The lowest BCUT2D eigenvalue weighted by Crippen LogP contribution is -2.28. The number of carbonyl (C=O) groups excluding carboxylic acids is 2. The van der Waals surface area contributed by atoms with E-state index in [4.69, 9.17) is 0 Å².